The number of halogens is 1. The lowest BCUT2D eigenvalue weighted by molar-refractivity contribution is -0.141. The summed E-state index contributed by atoms with van der Waals surface area (Å²) in [6, 6.07) is 6.39. The van der Waals surface area contributed by atoms with Crippen molar-refractivity contribution < 1.29 is 19.1 Å². The molecule has 0 spiro atoms. The molecule has 1 rings (SSSR count). The van der Waals surface area contributed by atoms with Gasteiger partial charge in [0.05, 0.1) is 26.2 Å². The van der Waals surface area contributed by atoms with Gasteiger partial charge in [-0.05, 0) is 42.7 Å². The van der Waals surface area contributed by atoms with Crippen LogP contribution in [0.5, 0.6) is 5.75 Å². The summed E-state index contributed by atoms with van der Waals surface area (Å²) in [6.45, 7) is 0.248. The van der Waals surface area contributed by atoms with Crippen molar-refractivity contribution in [1.29, 1.82) is 0 Å². The van der Waals surface area contributed by atoms with Gasteiger partial charge in [0.15, 0.2) is 0 Å². The van der Waals surface area contributed by atoms with Gasteiger partial charge in [-0.2, -0.15) is 11.8 Å². The number of ether oxygens (including phenoxy) is 2. The van der Waals surface area contributed by atoms with E-state index in [0.29, 0.717) is 17.9 Å². The molecule has 1 amide bonds. The first kappa shape index (κ1) is 21.6. The highest BCUT2D eigenvalue weighted by Crippen LogP contribution is 2.16. The van der Waals surface area contributed by atoms with Crippen LogP contribution in [0.3, 0.4) is 0 Å². The molecule has 6 nitrogen and oxygen atoms in total. The number of esters is 1. The first-order valence-corrected chi connectivity index (χ1v) is 8.31. The average molecular weight is 363 g/mol. The molecule has 0 radical (unpaired) electrons. The molecule has 0 saturated heterocycles. The monoisotopic (exact) mass is 362 g/mol. The Balaban J connectivity index is 0.00000484. The highest BCUT2D eigenvalue weighted by Gasteiger charge is 2.12. The topological polar surface area (TPSA) is 90.6 Å². The second-order valence-electron chi connectivity index (χ2n) is 4.58. The highest BCUT2D eigenvalue weighted by atomic mass is 35.5. The summed E-state index contributed by atoms with van der Waals surface area (Å²) in [7, 11) is 1.34. The van der Waals surface area contributed by atoms with Crippen LogP contribution in [-0.4, -0.2) is 43.6 Å². The summed E-state index contributed by atoms with van der Waals surface area (Å²) in [4.78, 5) is 22.8. The molecule has 8 heteroatoms. The quantitative estimate of drug-likeness (QED) is 0.653. The number of rotatable bonds is 9. The van der Waals surface area contributed by atoms with Crippen LogP contribution >= 0.6 is 24.2 Å². The van der Waals surface area contributed by atoms with Gasteiger partial charge in [-0.25, -0.2) is 0 Å². The van der Waals surface area contributed by atoms with Gasteiger partial charge in [0.1, 0.15) is 5.75 Å². The molecule has 0 aromatic heterocycles. The number of benzene rings is 1. The van der Waals surface area contributed by atoms with E-state index in [2.05, 4.69) is 10.1 Å². The number of carbonyl (C=O) groups excluding carboxylic acids is 2. The van der Waals surface area contributed by atoms with Crippen LogP contribution in [0.1, 0.15) is 12.8 Å². The van der Waals surface area contributed by atoms with E-state index >= 15 is 0 Å². The van der Waals surface area contributed by atoms with E-state index in [0.717, 1.165) is 5.75 Å². The largest absolute Gasteiger partial charge is 0.493 e. The van der Waals surface area contributed by atoms with Crippen LogP contribution < -0.4 is 15.8 Å². The minimum atomic E-state index is -0.511. The maximum Gasteiger partial charge on any atom is 0.308 e. The molecular weight excluding hydrogens is 340 g/mol. The van der Waals surface area contributed by atoms with Crippen molar-refractivity contribution in [3.8, 4) is 5.75 Å². The number of methoxy groups -OCH3 is 1. The Morgan fingerprint density at radius 2 is 1.96 bits per heavy atom. The smallest absolute Gasteiger partial charge is 0.308 e. The predicted octanol–water partition coefficient (Wildman–Crippen LogP) is 2.07. The van der Waals surface area contributed by atoms with E-state index in [1.54, 1.807) is 36.0 Å². The first-order valence-electron chi connectivity index (χ1n) is 6.92. The van der Waals surface area contributed by atoms with Crippen molar-refractivity contribution in [2.75, 3.05) is 31.0 Å². The van der Waals surface area contributed by atoms with Gasteiger partial charge in [0.2, 0.25) is 5.91 Å². The zero-order valence-corrected chi connectivity index (χ0v) is 14.9. The number of hydrogen-bond donors (Lipinski definition) is 2. The molecule has 0 bridgehead atoms. The third kappa shape index (κ3) is 8.68. The molecule has 0 aliphatic rings. The molecule has 1 aromatic carbocycles. The van der Waals surface area contributed by atoms with Gasteiger partial charge in [-0.15, -0.1) is 12.4 Å². The van der Waals surface area contributed by atoms with Crippen molar-refractivity contribution in [2.24, 2.45) is 5.73 Å². The lowest BCUT2D eigenvalue weighted by atomic mass is 10.2. The lowest BCUT2D eigenvalue weighted by Gasteiger charge is -2.12. The summed E-state index contributed by atoms with van der Waals surface area (Å²) >= 11 is 1.66. The van der Waals surface area contributed by atoms with Crippen molar-refractivity contribution in [3.63, 3.8) is 0 Å². The van der Waals surface area contributed by atoms with E-state index < -0.39 is 6.04 Å². The summed E-state index contributed by atoms with van der Waals surface area (Å²) in [5.41, 5.74) is 6.45. The number of hydrogen-bond acceptors (Lipinski definition) is 6. The number of nitrogens with two attached hydrogens (primary N) is 1. The molecule has 130 valence electrons. The zero-order valence-electron chi connectivity index (χ0n) is 13.2. The zero-order chi connectivity index (χ0) is 16.4. The molecule has 0 aliphatic heterocycles. The molecule has 1 atom stereocenters. The average Bonchev–Trinajstić information content (AvgIpc) is 2.53. The van der Waals surface area contributed by atoms with Crippen LogP contribution in [0.15, 0.2) is 24.3 Å². The molecule has 23 heavy (non-hydrogen) atoms. The van der Waals surface area contributed by atoms with Gasteiger partial charge in [0.25, 0.3) is 0 Å². The summed E-state index contributed by atoms with van der Waals surface area (Å²) < 4.78 is 9.92. The molecule has 0 heterocycles. The van der Waals surface area contributed by atoms with Crippen LogP contribution in [0.4, 0.5) is 5.69 Å². The molecule has 0 aliphatic carbocycles. The Morgan fingerprint density at radius 1 is 1.30 bits per heavy atom. The van der Waals surface area contributed by atoms with Crippen molar-refractivity contribution in [3.05, 3.63) is 24.3 Å². The third-order valence-corrected chi connectivity index (χ3v) is 3.54. The van der Waals surface area contributed by atoms with Crippen LogP contribution in [-0.2, 0) is 14.3 Å². The molecule has 0 fully saturated rings. The third-order valence-electron chi connectivity index (χ3n) is 2.89. The second kappa shape index (κ2) is 12.0. The lowest BCUT2D eigenvalue weighted by Crippen LogP contribution is -2.36. The maximum atomic E-state index is 11.9. The number of thioether (sulfide) groups is 1. The number of amides is 1. The molecular formula is C15H23ClN2O4S. The standard InChI is InChI=1S/C15H22N2O4S.ClH/c1-20-14(18)7-9-21-12-5-3-11(4-6-12)17-15(19)13(16)8-10-22-2;/h3-6,13H,7-10,16H2,1-2H3,(H,17,19);1H/t13-;/m0./s1. The minimum Gasteiger partial charge on any atom is -0.493 e. The Morgan fingerprint density at radius 3 is 2.52 bits per heavy atom. The Bertz CT molecular complexity index is 485. The van der Waals surface area contributed by atoms with E-state index in [-0.39, 0.29) is 37.3 Å². The van der Waals surface area contributed by atoms with Crippen LogP contribution in [0.25, 0.3) is 0 Å². The fourth-order valence-corrected chi connectivity index (χ4v) is 2.09. The minimum absolute atomic E-state index is 0. The molecule has 0 unspecified atom stereocenters. The van der Waals surface area contributed by atoms with Crippen LogP contribution in [0.2, 0.25) is 0 Å². The summed E-state index contributed by atoms with van der Waals surface area (Å²) in [6.07, 6.45) is 2.81. The Labute approximate surface area is 146 Å². The fourth-order valence-electron chi connectivity index (χ4n) is 1.60. The molecule has 3 N–H and O–H groups in total. The van der Waals surface area contributed by atoms with Crippen LogP contribution in [0, 0.1) is 0 Å². The van der Waals surface area contributed by atoms with Gasteiger partial charge < -0.3 is 20.5 Å². The summed E-state index contributed by atoms with van der Waals surface area (Å²) in [5, 5.41) is 2.76. The number of carbonyl (C=O) groups is 2. The van der Waals surface area contributed by atoms with Crippen molar-refractivity contribution in [1.82, 2.24) is 0 Å². The van der Waals surface area contributed by atoms with E-state index in [1.165, 1.54) is 7.11 Å². The molecule has 0 saturated carbocycles. The van der Waals surface area contributed by atoms with Gasteiger partial charge in [-0.3, -0.25) is 9.59 Å². The van der Waals surface area contributed by atoms with E-state index in [9.17, 15) is 9.59 Å². The number of nitrogens with one attached hydrogen (secondary N) is 1. The van der Waals surface area contributed by atoms with Crippen molar-refractivity contribution in [2.45, 2.75) is 18.9 Å². The van der Waals surface area contributed by atoms with Gasteiger partial charge in [-0.1, -0.05) is 0 Å². The Hall–Kier alpha value is -1.44. The SMILES string of the molecule is COC(=O)CCOc1ccc(NC(=O)[C@@H](N)CCSC)cc1.Cl. The van der Waals surface area contributed by atoms with E-state index in [1.807, 2.05) is 6.26 Å². The van der Waals surface area contributed by atoms with E-state index in [4.69, 9.17) is 10.5 Å². The second-order valence-corrected chi connectivity index (χ2v) is 5.56. The first-order chi connectivity index (χ1) is 10.6. The normalized spacial score (nSPS) is 11.1. The molecule has 1 aromatic rings. The summed E-state index contributed by atoms with van der Waals surface area (Å²) in [5.74, 6) is 0.951. The van der Waals surface area contributed by atoms with Gasteiger partial charge in [0, 0.05) is 5.69 Å². The van der Waals surface area contributed by atoms with Crippen molar-refractivity contribution >= 4 is 41.7 Å². The number of anilines is 1. The Kier molecular flexibility index (Phi) is 11.3. The fraction of sp³-hybridized carbons (Fsp3) is 0.467. The predicted molar refractivity (Wildman–Crippen MR) is 95.4 cm³/mol. The maximum absolute atomic E-state index is 11.9. The highest BCUT2D eigenvalue weighted by molar-refractivity contribution is 7.98. The van der Waals surface area contributed by atoms with Gasteiger partial charge >= 0.3 is 5.97 Å².